The SMILES string of the molecule is F[B-](F)(F)c1cccc(Br)c1.[K+]. The van der Waals surface area contributed by atoms with Crippen LogP contribution in [-0.4, -0.2) is 6.98 Å². The van der Waals surface area contributed by atoms with E-state index in [9.17, 15) is 12.9 Å². The fourth-order valence-corrected chi connectivity index (χ4v) is 1.13. The fourth-order valence-electron chi connectivity index (χ4n) is 0.710. The first kappa shape index (κ1) is 13.2. The Balaban J connectivity index is 0.00000121. The quantitative estimate of drug-likeness (QED) is 0.600. The molecule has 1 rings (SSSR count). The minimum Gasteiger partial charge on any atom is -0.445 e. The Labute approximate surface area is 120 Å². The van der Waals surface area contributed by atoms with Gasteiger partial charge < -0.3 is 12.9 Å². The molecule has 0 aliphatic heterocycles. The van der Waals surface area contributed by atoms with Crippen molar-refractivity contribution in [2.24, 2.45) is 0 Å². The van der Waals surface area contributed by atoms with Gasteiger partial charge in [-0.3, -0.25) is 0 Å². The van der Waals surface area contributed by atoms with Gasteiger partial charge in [-0.15, -0.1) is 5.46 Å². The summed E-state index contributed by atoms with van der Waals surface area (Å²) in [5.41, 5.74) is -0.570. The predicted octanol–water partition coefficient (Wildman–Crippen LogP) is -0.492. The molecule has 0 fully saturated rings. The van der Waals surface area contributed by atoms with Crippen molar-refractivity contribution >= 4 is 28.4 Å². The van der Waals surface area contributed by atoms with E-state index in [0.29, 0.717) is 4.47 Å². The molecule has 0 spiro atoms. The van der Waals surface area contributed by atoms with Gasteiger partial charge in [0.25, 0.3) is 0 Å². The third kappa shape index (κ3) is 3.93. The summed E-state index contributed by atoms with van der Waals surface area (Å²) in [4.78, 5) is 0. The normalized spacial score (nSPS) is 10.7. The van der Waals surface area contributed by atoms with Crippen molar-refractivity contribution in [3.8, 4) is 0 Å². The summed E-state index contributed by atoms with van der Waals surface area (Å²) in [5.74, 6) is 0. The summed E-state index contributed by atoms with van der Waals surface area (Å²) >= 11 is 2.96. The monoisotopic (exact) mass is 262 g/mol. The largest absolute Gasteiger partial charge is 1.00 e. The van der Waals surface area contributed by atoms with Crippen molar-refractivity contribution in [2.75, 3.05) is 0 Å². The standard InChI is InChI=1S/C6H4BBrF3.K/c8-6-3-1-2-5(4-6)7(9,10)11;/h1-4H;/q-1;+1. The van der Waals surface area contributed by atoms with E-state index in [0.717, 1.165) is 12.1 Å². The summed E-state index contributed by atoms with van der Waals surface area (Å²) in [7, 11) is 0. The number of hydrogen-bond acceptors (Lipinski definition) is 0. The maximum atomic E-state index is 12.0. The van der Waals surface area contributed by atoms with Crippen LogP contribution in [0.3, 0.4) is 0 Å². The Bertz CT molecular complexity index is 263. The molecule has 0 radical (unpaired) electrons. The molecule has 0 saturated carbocycles. The predicted molar refractivity (Wildman–Crippen MR) is 42.9 cm³/mol. The topological polar surface area (TPSA) is 0 Å². The van der Waals surface area contributed by atoms with E-state index in [4.69, 9.17) is 0 Å². The van der Waals surface area contributed by atoms with Crippen LogP contribution in [0.25, 0.3) is 0 Å². The second kappa shape index (κ2) is 5.17. The molecule has 0 aliphatic carbocycles. The number of benzene rings is 1. The molecular formula is C6H4BBrF3K. The van der Waals surface area contributed by atoms with Gasteiger partial charge in [-0.1, -0.05) is 34.1 Å². The Kier molecular flexibility index (Phi) is 5.68. The average Bonchev–Trinajstić information content (AvgIpc) is 1.86. The Hall–Kier alpha value is 1.19. The van der Waals surface area contributed by atoms with Gasteiger partial charge in [0, 0.05) is 4.47 Å². The molecule has 0 amide bonds. The summed E-state index contributed by atoms with van der Waals surface area (Å²) in [6.45, 7) is -4.85. The number of halogens is 4. The minimum atomic E-state index is -4.85. The average molecular weight is 263 g/mol. The molecule has 0 bridgehead atoms. The maximum Gasteiger partial charge on any atom is 1.00 e. The fraction of sp³-hybridized carbons (Fsp3) is 0. The van der Waals surface area contributed by atoms with E-state index in [-0.39, 0.29) is 51.4 Å². The molecule has 0 aromatic heterocycles. The number of hydrogen-bond donors (Lipinski definition) is 0. The van der Waals surface area contributed by atoms with Crippen molar-refractivity contribution in [1.82, 2.24) is 0 Å². The Morgan fingerprint density at radius 2 is 1.75 bits per heavy atom. The van der Waals surface area contributed by atoms with Crippen molar-refractivity contribution in [3.63, 3.8) is 0 Å². The summed E-state index contributed by atoms with van der Waals surface area (Å²) in [6.07, 6.45) is 0. The molecule has 0 saturated heterocycles. The zero-order valence-electron chi connectivity index (χ0n) is 6.40. The van der Waals surface area contributed by atoms with Crippen LogP contribution in [0.4, 0.5) is 12.9 Å². The van der Waals surface area contributed by atoms with E-state index < -0.39 is 12.4 Å². The molecule has 0 heterocycles. The molecular weight excluding hydrogens is 259 g/mol. The molecule has 0 unspecified atom stereocenters. The molecule has 12 heavy (non-hydrogen) atoms. The molecule has 0 atom stereocenters. The van der Waals surface area contributed by atoms with Crippen molar-refractivity contribution < 1.29 is 64.3 Å². The molecule has 0 N–H and O–H groups in total. The van der Waals surface area contributed by atoms with Gasteiger partial charge in [0.05, 0.1) is 0 Å². The van der Waals surface area contributed by atoms with Crippen LogP contribution in [0.15, 0.2) is 28.7 Å². The van der Waals surface area contributed by atoms with Crippen molar-refractivity contribution in [1.29, 1.82) is 0 Å². The second-order valence-electron chi connectivity index (χ2n) is 2.13. The van der Waals surface area contributed by atoms with Gasteiger partial charge in [-0.25, -0.2) is 0 Å². The van der Waals surface area contributed by atoms with Crippen molar-refractivity contribution in [2.45, 2.75) is 0 Å². The van der Waals surface area contributed by atoms with E-state index in [1.54, 1.807) is 6.07 Å². The molecule has 60 valence electrons. The summed E-state index contributed by atoms with van der Waals surface area (Å²) in [6, 6.07) is 5.06. The van der Waals surface area contributed by atoms with Crippen LogP contribution >= 0.6 is 15.9 Å². The van der Waals surface area contributed by atoms with E-state index in [1.165, 1.54) is 6.07 Å². The van der Waals surface area contributed by atoms with Gasteiger partial charge >= 0.3 is 58.4 Å². The van der Waals surface area contributed by atoms with Gasteiger partial charge in [-0.05, 0) is 6.07 Å². The molecule has 0 aliphatic rings. The number of rotatable bonds is 1. The Morgan fingerprint density at radius 1 is 1.17 bits per heavy atom. The second-order valence-corrected chi connectivity index (χ2v) is 3.05. The van der Waals surface area contributed by atoms with E-state index in [1.807, 2.05) is 0 Å². The zero-order chi connectivity index (χ0) is 8.48. The van der Waals surface area contributed by atoms with E-state index >= 15 is 0 Å². The van der Waals surface area contributed by atoms with Crippen LogP contribution in [0.1, 0.15) is 0 Å². The van der Waals surface area contributed by atoms with Crippen LogP contribution in [-0.2, 0) is 0 Å². The van der Waals surface area contributed by atoms with Crippen LogP contribution in [0.2, 0.25) is 0 Å². The van der Waals surface area contributed by atoms with Crippen LogP contribution < -0.4 is 56.8 Å². The summed E-state index contributed by atoms with van der Waals surface area (Å²) < 4.78 is 36.5. The first-order chi connectivity index (χ1) is 5.00. The van der Waals surface area contributed by atoms with Crippen LogP contribution in [0.5, 0.6) is 0 Å². The molecule has 6 heteroatoms. The maximum absolute atomic E-state index is 12.0. The Morgan fingerprint density at radius 3 is 2.08 bits per heavy atom. The summed E-state index contributed by atoms with van der Waals surface area (Å²) in [5, 5.41) is 0. The van der Waals surface area contributed by atoms with Crippen LogP contribution in [0, 0.1) is 0 Å². The van der Waals surface area contributed by atoms with E-state index in [2.05, 4.69) is 15.9 Å². The van der Waals surface area contributed by atoms with Crippen molar-refractivity contribution in [3.05, 3.63) is 28.7 Å². The molecule has 1 aromatic rings. The van der Waals surface area contributed by atoms with Gasteiger partial charge in [0.15, 0.2) is 0 Å². The zero-order valence-corrected chi connectivity index (χ0v) is 11.1. The smallest absolute Gasteiger partial charge is 0.445 e. The first-order valence-electron chi connectivity index (χ1n) is 2.95. The molecule has 1 aromatic carbocycles. The van der Waals surface area contributed by atoms with Gasteiger partial charge in [0.2, 0.25) is 0 Å². The van der Waals surface area contributed by atoms with Gasteiger partial charge in [-0.2, -0.15) is 0 Å². The third-order valence-electron chi connectivity index (χ3n) is 1.23. The van der Waals surface area contributed by atoms with Gasteiger partial charge in [0.1, 0.15) is 0 Å². The third-order valence-corrected chi connectivity index (χ3v) is 1.72. The minimum absolute atomic E-state index is 0. The first-order valence-corrected chi connectivity index (χ1v) is 3.75. The molecule has 0 nitrogen and oxygen atoms in total.